The number of hydrogen-bond acceptors (Lipinski definition) is 4. The molecule has 2 rings (SSSR count). The number of amides is 1. The molecule has 0 fully saturated rings. The van der Waals surface area contributed by atoms with Crippen LogP contribution in [0.1, 0.15) is 20.7 Å². The number of phenols is 1. The highest BCUT2D eigenvalue weighted by molar-refractivity contribution is 6.07. The first-order chi connectivity index (χ1) is 10.0. The molecule has 0 saturated heterocycles. The standard InChI is InChI=1S/C15H13NO5/c1-21-12-7-3-6-11(13(12)17)14(18)16-10-5-2-4-9(8-10)15(19)20/h2-8,17H,1H3,(H,16,18)(H,19,20). The lowest BCUT2D eigenvalue weighted by Crippen LogP contribution is -2.12. The number of carboxylic acid groups (broad SMARTS) is 1. The molecule has 0 atom stereocenters. The molecule has 21 heavy (non-hydrogen) atoms. The second kappa shape index (κ2) is 5.96. The summed E-state index contributed by atoms with van der Waals surface area (Å²) in [6, 6.07) is 10.4. The predicted molar refractivity (Wildman–Crippen MR) is 76.0 cm³/mol. The minimum atomic E-state index is -1.09. The van der Waals surface area contributed by atoms with Crippen LogP contribution in [0, 0.1) is 0 Å². The van der Waals surface area contributed by atoms with Gasteiger partial charge in [0.05, 0.1) is 18.2 Å². The van der Waals surface area contributed by atoms with E-state index in [0.29, 0.717) is 5.69 Å². The fraction of sp³-hybridized carbons (Fsp3) is 0.0667. The average Bonchev–Trinajstić information content (AvgIpc) is 2.47. The van der Waals surface area contributed by atoms with Crippen LogP contribution < -0.4 is 10.1 Å². The number of benzene rings is 2. The molecule has 0 aromatic heterocycles. The number of para-hydroxylation sites is 1. The molecular formula is C15H13NO5. The van der Waals surface area contributed by atoms with Crippen LogP contribution in [0.4, 0.5) is 5.69 Å². The maximum Gasteiger partial charge on any atom is 0.335 e. The second-order valence-electron chi connectivity index (χ2n) is 4.20. The molecule has 0 bridgehead atoms. The van der Waals surface area contributed by atoms with E-state index in [0.717, 1.165) is 0 Å². The third-order valence-corrected chi connectivity index (χ3v) is 2.83. The Morgan fingerprint density at radius 1 is 1.14 bits per heavy atom. The van der Waals surface area contributed by atoms with Gasteiger partial charge in [-0.25, -0.2) is 4.79 Å². The number of carbonyl (C=O) groups excluding carboxylic acids is 1. The number of ether oxygens (including phenoxy) is 1. The van der Waals surface area contributed by atoms with Crippen LogP contribution in [0.25, 0.3) is 0 Å². The highest BCUT2D eigenvalue weighted by Gasteiger charge is 2.15. The fourth-order valence-corrected chi connectivity index (χ4v) is 1.80. The molecule has 6 nitrogen and oxygen atoms in total. The number of anilines is 1. The maximum absolute atomic E-state index is 12.1. The Morgan fingerprint density at radius 2 is 1.86 bits per heavy atom. The van der Waals surface area contributed by atoms with Crippen molar-refractivity contribution in [1.29, 1.82) is 0 Å². The molecular weight excluding hydrogens is 274 g/mol. The van der Waals surface area contributed by atoms with Crippen molar-refractivity contribution in [3.8, 4) is 11.5 Å². The zero-order valence-electron chi connectivity index (χ0n) is 11.2. The van der Waals surface area contributed by atoms with E-state index in [1.165, 1.54) is 37.4 Å². The Hall–Kier alpha value is -3.02. The van der Waals surface area contributed by atoms with Gasteiger partial charge < -0.3 is 20.3 Å². The van der Waals surface area contributed by atoms with Gasteiger partial charge in [0.1, 0.15) is 0 Å². The summed E-state index contributed by atoms with van der Waals surface area (Å²) >= 11 is 0. The zero-order valence-corrected chi connectivity index (χ0v) is 11.2. The summed E-state index contributed by atoms with van der Waals surface area (Å²) in [4.78, 5) is 23.0. The van der Waals surface area contributed by atoms with Crippen molar-refractivity contribution in [3.05, 3.63) is 53.6 Å². The molecule has 108 valence electrons. The van der Waals surface area contributed by atoms with E-state index in [9.17, 15) is 14.7 Å². The minimum absolute atomic E-state index is 0.0371. The van der Waals surface area contributed by atoms with Crippen molar-refractivity contribution in [3.63, 3.8) is 0 Å². The molecule has 0 spiro atoms. The van der Waals surface area contributed by atoms with E-state index in [1.807, 2.05) is 0 Å². The van der Waals surface area contributed by atoms with Crippen LogP contribution in [0.15, 0.2) is 42.5 Å². The molecule has 0 radical (unpaired) electrons. The van der Waals surface area contributed by atoms with Crippen LogP contribution in [0.5, 0.6) is 11.5 Å². The van der Waals surface area contributed by atoms with Crippen molar-refractivity contribution >= 4 is 17.6 Å². The van der Waals surface area contributed by atoms with E-state index in [2.05, 4.69) is 5.32 Å². The van der Waals surface area contributed by atoms with Gasteiger partial charge in [-0.15, -0.1) is 0 Å². The Labute approximate surface area is 120 Å². The number of aromatic carboxylic acids is 1. The van der Waals surface area contributed by atoms with Crippen molar-refractivity contribution in [2.45, 2.75) is 0 Å². The normalized spacial score (nSPS) is 9.95. The third kappa shape index (κ3) is 3.11. The maximum atomic E-state index is 12.1. The number of aromatic hydroxyl groups is 1. The first-order valence-corrected chi connectivity index (χ1v) is 6.03. The lowest BCUT2D eigenvalue weighted by atomic mass is 10.1. The molecule has 1 amide bonds. The van der Waals surface area contributed by atoms with E-state index >= 15 is 0 Å². The fourth-order valence-electron chi connectivity index (χ4n) is 1.80. The van der Waals surface area contributed by atoms with Gasteiger partial charge in [0.15, 0.2) is 11.5 Å². The number of phenolic OH excluding ortho intramolecular Hbond substituents is 1. The lowest BCUT2D eigenvalue weighted by molar-refractivity contribution is 0.0696. The molecule has 0 saturated carbocycles. The molecule has 2 aromatic carbocycles. The smallest absolute Gasteiger partial charge is 0.335 e. The predicted octanol–water partition coefficient (Wildman–Crippen LogP) is 2.35. The number of hydrogen-bond donors (Lipinski definition) is 3. The van der Waals surface area contributed by atoms with E-state index in [-0.39, 0.29) is 22.6 Å². The number of nitrogens with one attached hydrogen (secondary N) is 1. The molecule has 3 N–H and O–H groups in total. The van der Waals surface area contributed by atoms with Crippen molar-refractivity contribution in [2.24, 2.45) is 0 Å². The SMILES string of the molecule is COc1cccc(C(=O)Nc2cccc(C(=O)O)c2)c1O. The van der Waals surface area contributed by atoms with Crippen molar-refractivity contribution < 1.29 is 24.5 Å². The monoisotopic (exact) mass is 287 g/mol. The van der Waals surface area contributed by atoms with Crippen LogP contribution in [0.2, 0.25) is 0 Å². The quantitative estimate of drug-likeness (QED) is 0.802. The van der Waals surface area contributed by atoms with E-state index < -0.39 is 11.9 Å². The molecule has 6 heteroatoms. The largest absolute Gasteiger partial charge is 0.504 e. The average molecular weight is 287 g/mol. The molecule has 0 aliphatic carbocycles. The Bertz CT molecular complexity index is 696. The first-order valence-electron chi connectivity index (χ1n) is 6.03. The third-order valence-electron chi connectivity index (χ3n) is 2.83. The summed E-state index contributed by atoms with van der Waals surface area (Å²) in [6.07, 6.45) is 0. The minimum Gasteiger partial charge on any atom is -0.504 e. The van der Waals surface area contributed by atoms with E-state index in [4.69, 9.17) is 9.84 Å². The second-order valence-corrected chi connectivity index (χ2v) is 4.20. The molecule has 0 unspecified atom stereocenters. The number of methoxy groups -OCH3 is 1. The molecule has 0 heterocycles. The van der Waals surface area contributed by atoms with Gasteiger partial charge >= 0.3 is 5.97 Å². The summed E-state index contributed by atoms with van der Waals surface area (Å²) in [5.74, 6) is -1.74. The van der Waals surface area contributed by atoms with Gasteiger partial charge in [-0.2, -0.15) is 0 Å². The summed E-state index contributed by atoms with van der Waals surface area (Å²) in [6.45, 7) is 0. The van der Waals surface area contributed by atoms with Gasteiger partial charge in [-0.3, -0.25) is 4.79 Å². The van der Waals surface area contributed by atoms with Crippen molar-refractivity contribution in [2.75, 3.05) is 12.4 Å². The Morgan fingerprint density at radius 3 is 2.52 bits per heavy atom. The first kappa shape index (κ1) is 14.4. The highest BCUT2D eigenvalue weighted by Crippen LogP contribution is 2.29. The molecule has 0 aliphatic heterocycles. The molecule has 2 aromatic rings. The van der Waals surface area contributed by atoms with Crippen LogP contribution in [-0.2, 0) is 0 Å². The lowest BCUT2D eigenvalue weighted by Gasteiger charge is -2.09. The van der Waals surface area contributed by atoms with E-state index in [1.54, 1.807) is 12.1 Å². The van der Waals surface area contributed by atoms with Crippen LogP contribution >= 0.6 is 0 Å². The Balaban J connectivity index is 2.26. The highest BCUT2D eigenvalue weighted by atomic mass is 16.5. The molecule has 0 aliphatic rings. The summed E-state index contributed by atoms with van der Waals surface area (Å²) in [5, 5.41) is 21.3. The van der Waals surface area contributed by atoms with Gasteiger partial charge in [-0.05, 0) is 30.3 Å². The Kier molecular flexibility index (Phi) is 4.08. The van der Waals surface area contributed by atoms with Crippen LogP contribution in [0.3, 0.4) is 0 Å². The van der Waals surface area contributed by atoms with Crippen LogP contribution in [-0.4, -0.2) is 29.2 Å². The summed E-state index contributed by atoms with van der Waals surface area (Å²) in [5.41, 5.74) is 0.417. The summed E-state index contributed by atoms with van der Waals surface area (Å²) in [7, 11) is 1.38. The van der Waals surface area contributed by atoms with Gasteiger partial charge in [-0.1, -0.05) is 12.1 Å². The van der Waals surface area contributed by atoms with Gasteiger partial charge in [0, 0.05) is 5.69 Å². The topological polar surface area (TPSA) is 95.9 Å². The number of carboxylic acids is 1. The van der Waals surface area contributed by atoms with Gasteiger partial charge in [0.2, 0.25) is 0 Å². The van der Waals surface area contributed by atoms with Gasteiger partial charge in [0.25, 0.3) is 5.91 Å². The number of carbonyl (C=O) groups is 2. The van der Waals surface area contributed by atoms with Crippen molar-refractivity contribution in [1.82, 2.24) is 0 Å². The number of rotatable bonds is 4. The zero-order chi connectivity index (χ0) is 15.4. The summed E-state index contributed by atoms with van der Waals surface area (Å²) < 4.78 is 4.93.